The summed E-state index contributed by atoms with van der Waals surface area (Å²) in [5, 5.41) is 10.1. The molecule has 5 nitrogen and oxygen atoms in total. The van der Waals surface area contributed by atoms with E-state index in [1.165, 1.54) is 44.1 Å². The molecule has 0 aromatic rings. The van der Waals surface area contributed by atoms with Gasteiger partial charge in [-0.1, -0.05) is 45.3 Å². The van der Waals surface area contributed by atoms with Crippen LogP contribution in [0.15, 0.2) is 11.6 Å². The van der Waals surface area contributed by atoms with Crippen LogP contribution in [-0.4, -0.2) is 30.3 Å². The fourth-order valence-electron chi connectivity index (χ4n) is 9.09. The lowest BCUT2D eigenvalue weighted by molar-refractivity contribution is -0.0540. The summed E-state index contributed by atoms with van der Waals surface area (Å²) in [6.45, 7) is 11.5. The molecule has 2 N–H and O–H groups in total. The van der Waals surface area contributed by atoms with Crippen LogP contribution in [0.2, 0.25) is 0 Å². The first-order chi connectivity index (χ1) is 15.7. The molecule has 8 atom stereocenters. The third-order valence-electron chi connectivity index (χ3n) is 10.9. The zero-order valence-corrected chi connectivity index (χ0v) is 22.9. The molecule has 0 unspecified atom stereocenters. The van der Waals surface area contributed by atoms with Crippen molar-refractivity contribution in [2.45, 2.75) is 111 Å². The summed E-state index contributed by atoms with van der Waals surface area (Å²) >= 11 is 0. The van der Waals surface area contributed by atoms with Crippen LogP contribution in [0.3, 0.4) is 0 Å². The highest BCUT2D eigenvalue weighted by Gasteiger charge is 2.59. The Morgan fingerprint density at radius 3 is 2.56 bits per heavy atom. The second-order valence-corrected chi connectivity index (χ2v) is 14.6. The van der Waals surface area contributed by atoms with E-state index in [-0.39, 0.29) is 17.9 Å². The van der Waals surface area contributed by atoms with E-state index < -0.39 is 16.0 Å². The Kier molecular flexibility index (Phi) is 7.41. The Hall–Kier alpha value is -0.430. The van der Waals surface area contributed by atoms with Crippen molar-refractivity contribution in [3.05, 3.63) is 11.6 Å². The molecule has 196 valence electrons. The highest BCUT2D eigenvalue weighted by atomic mass is 32.3. The first kappa shape index (κ1) is 26.6. The lowest BCUT2D eigenvalue weighted by Crippen LogP contribution is -2.50. The van der Waals surface area contributed by atoms with E-state index in [0.29, 0.717) is 5.41 Å². The Morgan fingerprint density at radius 1 is 1.15 bits per heavy atom. The summed E-state index contributed by atoms with van der Waals surface area (Å²) in [7, 11) is -4.36. The summed E-state index contributed by atoms with van der Waals surface area (Å²) in [5.41, 5.74) is 1.63. The van der Waals surface area contributed by atoms with Crippen molar-refractivity contribution in [3.8, 4) is 0 Å². The van der Waals surface area contributed by atoms with E-state index in [2.05, 4.69) is 26.8 Å². The van der Waals surface area contributed by atoms with E-state index in [4.69, 9.17) is 8.74 Å². The van der Waals surface area contributed by atoms with Gasteiger partial charge in [0.25, 0.3) is 0 Å². The van der Waals surface area contributed by atoms with Gasteiger partial charge in [-0.3, -0.25) is 4.55 Å². The maximum Gasteiger partial charge on any atom is 0.397 e. The lowest BCUT2D eigenvalue weighted by atomic mass is 9.46. The second kappa shape index (κ2) is 9.46. The van der Waals surface area contributed by atoms with Crippen LogP contribution < -0.4 is 0 Å². The number of aliphatic hydroxyl groups is 1. The van der Waals surface area contributed by atoms with Gasteiger partial charge in [0, 0.05) is 0 Å². The second-order valence-electron chi connectivity index (χ2n) is 13.5. The molecule has 0 aromatic heterocycles. The Bertz CT molecular complexity index is 874. The predicted octanol–water partition coefficient (Wildman–Crippen LogP) is 6.58. The molecule has 3 fully saturated rings. The van der Waals surface area contributed by atoms with Crippen LogP contribution in [0.5, 0.6) is 0 Å². The zero-order valence-electron chi connectivity index (χ0n) is 22.1. The molecule has 4 aliphatic carbocycles. The van der Waals surface area contributed by atoms with Crippen molar-refractivity contribution in [1.82, 2.24) is 0 Å². The number of allylic oxidation sites excluding steroid dienone is 2. The van der Waals surface area contributed by atoms with Gasteiger partial charge in [0.05, 0.1) is 12.2 Å². The predicted molar refractivity (Wildman–Crippen MR) is 135 cm³/mol. The first-order valence-corrected chi connectivity index (χ1v) is 15.1. The van der Waals surface area contributed by atoms with Gasteiger partial charge in [0.2, 0.25) is 0 Å². The lowest BCUT2D eigenvalue weighted by Gasteiger charge is -2.58. The maximum absolute atomic E-state index is 11.0. The first-order valence-electron chi connectivity index (χ1n) is 13.8. The van der Waals surface area contributed by atoms with Gasteiger partial charge in [0.1, 0.15) is 0 Å². The normalized spacial score (nSPS) is 41.3. The summed E-state index contributed by atoms with van der Waals surface area (Å²) < 4.78 is 35.7. The third-order valence-corrected chi connectivity index (χ3v) is 11.3. The van der Waals surface area contributed by atoms with Crippen molar-refractivity contribution in [3.63, 3.8) is 0 Å². The SMILES string of the molecule is C[C@H](CCCC(C)(C)O)[C@H]1CC[C@H]2[C@@H]3CC=C4C[C@@H](COS(=O)(=O)O)CC[C@]4(C)[C@H]3CC[C@]12C. The standard InChI is InChI=1S/C28H48O5S/c1-19(7-6-14-26(2,3)29)23-10-11-24-22-9-8-21-17-20(18-33-34(30,31)32)12-15-27(21,4)25(22)13-16-28(23,24)5/h8,19-20,22-25,29H,6-7,9-18H2,1-5H3,(H,30,31,32)/t19-,20+,22+,23-,24+,25+,27+,28-/m1/s1. The highest BCUT2D eigenvalue weighted by molar-refractivity contribution is 7.80. The molecule has 4 aliphatic rings. The maximum atomic E-state index is 11.0. The van der Waals surface area contributed by atoms with Gasteiger partial charge >= 0.3 is 10.4 Å². The quantitative estimate of drug-likeness (QED) is 0.293. The van der Waals surface area contributed by atoms with Crippen molar-refractivity contribution >= 4 is 10.4 Å². The molecular formula is C28H48O5S. The molecule has 0 heterocycles. The minimum atomic E-state index is -4.36. The molecule has 0 bridgehead atoms. The number of fused-ring (bicyclic) bond motifs is 5. The molecule has 4 rings (SSSR count). The van der Waals surface area contributed by atoms with E-state index in [9.17, 15) is 13.5 Å². The van der Waals surface area contributed by atoms with Crippen LogP contribution in [0, 0.1) is 46.3 Å². The van der Waals surface area contributed by atoms with E-state index >= 15 is 0 Å². The Balaban J connectivity index is 1.43. The number of rotatable bonds is 8. The zero-order chi connectivity index (χ0) is 24.9. The fourth-order valence-corrected chi connectivity index (χ4v) is 9.46. The van der Waals surface area contributed by atoms with Gasteiger partial charge in [0.15, 0.2) is 0 Å². The minimum absolute atomic E-state index is 0.0913. The average Bonchev–Trinajstić information content (AvgIpc) is 3.08. The molecule has 0 radical (unpaired) electrons. The van der Waals surface area contributed by atoms with Crippen LogP contribution in [0.1, 0.15) is 105 Å². The van der Waals surface area contributed by atoms with Crippen molar-refractivity contribution in [2.24, 2.45) is 46.3 Å². The smallest absolute Gasteiger partial charge is 0.390 e. The van der Waals surface area contributed by atoms with Gasteiger partial charge in [-0.25, -0.2) is 4.18 Å². The molecule has 0 spiro atoms. The molecule has 0 saturated heterocycles. The van der Waals surface area contributed by atoms with Gasteiger partial charge in [-0.15, -0.1) is 0 Å². The largest absolute Gasteiger partial charge is 0.397 e. The third kappa shape index (κ3) is 5.31. The molecule has 0 aliphatic heterocycles. The molecular weight excluding hydrogens is 448 g/mol. The van der Waals surface area contributed by atoms with Crippen LogP contribution in [0.25, 0.3) is 0 Å². The van der Waals surface area contributed by atoms with Crippen molar-refractivity contribution in [1.29, 1.82) is 0 Å². The highest BCUT2D eigenvalue weighted by Crippen LogP contribution is 2.67. The molecule has 34 heavy (non-hydrogen) atoms. The van der Waals surface area contributed by atoms with E-state index in [1.54, 1.807) is 0 Å². The molecule has 3 saturated carbocycles. The fraction of sp³-hybridized carbons (Fsp3) is 0.929. The van der Waals surface area contributed by atoms with Crippen molar-refractivity contribution < 1.29 is 22.3 Å². The minimum Gasteiger partial charge on any atom is -0.390 e. The van der Waals surface area contributed by atoms with Gasteiger partial charge in [-0.2, -0.15) is 8.42 Å². The van der Waals surface area contributed by atoms with Crippen molar-refractivity contribution in [2.75, 3.05) is 6.61 Å². The summed E-state index contributed by atoms with van der Waals surface area (Å²) in [6, 6.07) is 0. The Labute approximate surface area is 208 Å². The van der Waals surface area contributed by atoms with Gasteiger partial charge in [-0.05, 0) is 118 Å². The van der Waals surface area contributed by atoms with Crippen LogP contribution >= 0.6 is 0 Å². The van der Waals surface area contributed by atoms with Crippen LogP contribution in [0.4, 0.5) is 0 Å². The van der Waals surface area contributed by atoms with Gasteiger partial charge < -0.3 is 5.11 Å². The molecule has 0 amide bonds. The monoisotopic (exact) mass is 496 g/mol. The van der Waals surface area contributed by atoms with E-state index in [0.717, 1.165) is 61.7 Å². The topological polar surface area (TPSA) is 83.8 Å². The molecule has 6 heteroatoms. The summed E-state index contributed by atoms with van der Waals surface area (Å²) in [5.74, 6) is 4.00. The van der Waals surface area contributed by atoms with E-state index in [1.807, 2.05) is 13.8 Å². The Morgan fingerprint density at radius 2 is 1.88 bits per heavy atom. The number of hydrogen-bond acceptors (Lipinski definition) is 4. The number of hydrogen-bond donors (Lipinski definition) is 2. The summed E-state index contributed by atoms with van der Waals surface area (Å²) in [4.78, 5) is 0. The average molecular weight is 497 g/mol. The van der Waals surface area contributed by atoms with Crippen LogP contribution in [-0.2, 0) is 14.6 Å². The summed E-state index contributed by atoms with van der Waals surface area (Å²) in [6.07, 6.45) is 15.2. The molecule has 0 aromatic carbocycles.